The third-order valence-corrected chi connectivity index (χ3v) is 3.65. The first kappa shape index (κ1) is 15.5. The minimum atomic E-state index is -0.980. The molecule has 0 aliphatic heterocycles. The highest BCUT2D eigenvalue weighted by Crippen LogP contribution is 2.21. The molecule has 0 aliphatic carbocycles. The summed E-state index contributed by atoms with van der Waals surface area (Å²) in [6, 6.07) is 11.3. The van der Waals surface area contributed by atoms with Gasteiger partial charge in [0.15, 0.2) is 0 Å². The molecular weight excluding hydrogens is 358 g/mol. The summed E-state index contributed by atoms with van der Waals surface area (Å²) in [5.74, 6) is -1.27. The van der Waals surface area contributed by atoms with Gasteiger partial charge in [0, 0.05) is 11.0 Å². The second kappa shape index (κ2) is 6.74. The van der Waals surface area contributed by atoms with Gasteiger partial charge in [-0.25, -0.2) is 4.79 Å². The van der Waals surface area contributed by atoms with E-state index in [1.54, 1.807) is 30.3 Å². The summed E-state index contributed by atoms with van der Waals surface area (Å²) in [4.78, 5) is 22.8. The van der Waals surface area contributed by atoms with Gasteiger partial charge in [0.1, 0.15) is 0 Å². The van der Waals surface area contributed by atoms with Gasteiger partial charge in [-0.2, -0.15) is 0 Å². The second-order valence-corrected chi connectivity index (χ2v) is 5.63. The summed E-state index contributed by atoms with van der Waals surface area (Å²) in [6.07, 6.45) is 0. The van der Waals surface area contributed by atoms with Crippen LogP contribution in [-0.2, 0) is 6.54 Å². The lowest BCUT2D eigenvalue weighted by molar-refractivity contribution is 0.0696. The Bertz CT molecular complexity index is 686. The third kappa shape index (κ3) is 4.06. The molecule has 0 saturated carbocycles. The van der Waals surface area contributed by atoms with Gasteiger partial charge in [0.05, 0.1) is 16.1 Å². The zero-order chi connectivity index (χ0) is 15.4. The van der Waals surface area contributed by atoms with Crippen LogP contribution in [0.4, 0.5) is 0 Å². The van der Waals surface area contributed by atoms with E-state index < -0.39 is 5.97 Å². The minimum Gasteiger partial charge on any atom is -0.478 e. The van der Waals surface area contributed by atoms with E-state index in [2.05, 4.69) is 21.2 Å². The summed E-state index contributed by atoms with van der Waals surface area (Å²) in [5, 5.41) is 11.9. The van der Waals surface area contributed by atoms with Crippen molar-refractivity contribution >= 4 is 39.4 Å². The van der Waals surface area contributed by atoms with Crippen molar-refractivity contribution in [3.63, 3.8) is 0 Å². The number of carbonyl (C=O) groups is 2. The molecule has 108 valence electrons. The van der Waals surface area contributed by atoms with E-state index in [1.165, 1.54) is 12.1 Å². The normalized spacial score (nSPS) is 10.2. The molecule has 0 unspecified atom stereocenters. The second-order valence-electron chi connectivity index (χ2n) is 4.31. The maximum Gasteiger partial charge on any atom is 0.335 e. The summed E-state index contributed by atoms with van der Waals surface area (Å²) < 4.78 is 0.767. The van der Waals surface area contributed by atoms with Crippen molar-refractivity contribution in [3.05, 3.63) is 68.7 Å². The number of carboxylic acid groups (broad SMARTS) is 1. The highest BCUT2D eigenvalue weighted by Gasteiger charge is 2.10. The van der Waals surface area contributed by atoms with E-state index in [0.717, 1.165) is 10.0 Å². The molecule has 0 aromatic heterocycles. The van der Waals surface area contributed by atoms with Gasteiger partial charge in [-0.3, -0.25) is 4.79 Å². The smallest absolute Gasteiger partial charge is 0.335 e. The zero-order valence-corrected chi connectivity index (χ0v) is 13.1. The largest absolute Gasteiger partial charge is 0.478 e. The van der Waals surface area contributed by atoms with Gasteiger partial charge in [-0.1, -0.05) is 39.7 Å². The first-order valence-electron chi connectivity index (χ1n) is 6.03. The summed E-state index contributed by atoms with van der Waals surface area (Å²) in [6.45, 7) is 0.293. The average Bonchev–Trinajstić information content (AvgIpc) is 2.47. The number of nitrogens with one attached hydrogen (secondary N) is 1. The SMILES string of the molecule is O=C(O)c1ccc(CNC(=O)c2cc(Br)ccc2Cl)cc1. The van der Waals surface area contributed by atoms with E-state index >= 15 is 0 Å². The number of hydrogen-bond acceptors (Lipinski definition) is 2. The predicted molar refractivity (Wildman–Crippen MR) is 83.7 cm³/mol. The number of rotatable bonds is 4. The van der Waals surface area contributed by atoms with Gasteiger partial charge < -0.3 is 10.4 Å². The molecule has 21 heavy (non-hydrogen) atoms. The van der Waals surface area contributed by atoms with Crippen molar-refractivity contribution in [1.82, 2.24) is 5.32 Å². The molecule has 1 amide bonds. The van der Waals surface area contributed by atoms with Crippen LogP contribution >= 0.6 is 27.5 Å². The predicted octanol–water partition coefficient (Wildman–Crippen LogP) is 3.73. The van der Waals surface area contributed by atoms with Crippen LogP contribution in [0, 0.1) is 0 Å². The fourth-order valence-corrected chi connectivity index (χ4v) is 2.28. The maximum absolute atomic E-state index is 12.1. The number of amides is 1. The van der Waals surface area contributed by atoms with Crippen molar-refractivity contribution < 1.29 is 14.7 Å². The van der Waals surface area contributed by atoms with Crippen molar-refractivity contribution in [3.8, 4) is 0 Å². The molecule has 0 fully saturated rings. The van der Waals surface area contributed by atoms with Crippen LogP contribution in [0.5, 0.6) is 0 Å². The molecule has 2 aromatic rings. The van der Waals surface area contributed by atoms with E-state index in [0.29, 0.717) is 17.1 Å². The van der Waals surface area contributed by atoms with Gasteiger partial charge in [0.2, 0.25) is 0 Å². The fourth-order valence-electron chi connectivity index (χ4n) is 1.71. The molecule has 0 heterocycles. The molecule has 0 spiro atoms. The van der Waals surface area contributed by atoms with Crippen LogP contribution in [0.1, 0.15) is 26.3 Å². The van der Waals surface area contributed by atoms with Gasteiger partial charge in [-0.15, -0.1) is 0 Å². The average molecular weight is 369 g/mol. The molecule has 6 heteroatoms. The van der Waals surface area contributed by atoms with Crippen LogP contribution in [-0.4, -0.2) is 17.0 Å². The van der Waals surface area contributed by atoms with Crippen LogP contribution in [0.25, 0.3) is 0 Å². The highest BCUT2D eigenvalue weighted by molar-refractivity contribution is 9.10. The maximum atomic E-state index is 12.1. The summed E-state index contributed by atoms with van der Waals surface area (Å²) in [7, 11) is 0. The van der Waals surface area contributed by atoms with Crippen LogP contribution in [0.3, 0.4) is 0 Å². The molecule has 2 aromatic carbocycles. The first-order chi connectivity index (χ1) is 9.97. The van der Waals surface area contributed by atoms with E-state index in [9.17, 15) is 9.59 Å². The topological polar surface area (TPSA) is 66.4 Å². The molecule has 2 rings (SSSR count). The van der Waals surface area contributed by atoms with Crippen LogP contribution in [0.2, 0.25) is 5.02 Å². The first-order valence-corrected chi connectivity index (χ1v) is 7.20. The number of halogens is 2. The van der Waals surface area contributed by atoms with Crippen molar-refractivity contribution in [2.75, 3.05) is 0 Å². The summed E-state index contributed by atoms with van der Waals surface area (Å²) >= 11 is 9.27. The van der Waals surface area contributed by atoms with Gasteiger partial charge in [0.25, 0.3) is 5.91 Å². The highest BCUT2D eigenvalue weighted by atomic mass is 79.9. The quantitative estimate of drug-likeness (QED) is 0.864. The molecule has 4 nitrogen and oxygen atoms in total. The summed E-state index contributed by atoms with van der Waals surface area (Å²) in [5.41, 5.74) is 1.40. The van der Waals surface area contributed by atoms with E-state index in [4.69, 9.17) is 16.7 Å². The van der Waals surface area contributed by atoms with Crippen LogP contribution < -0.4 is 5.32 Å². The van der Waals surface area contributed by atoms with Gasteiger partial charge in [-0.05, 0) is 35.9 Å². The van der Waals surface area contributed by atoms with Crippen molar-refractivity contribution in [2.45, 2.75) is 6.54 Å². The Labute approximate surface area is 134 Å². The number of benzene rings is 2. The Morgan fingerprint density at radius 2 is 1.81 bits per heavy atom. The number of aromatic carboxylic acids is 1. The van der Waals surface area contributed by atoms with Crippen molar-refractivity contribution in [1.29, 1.82) is 0 Å². The number of carbonyl (C=O) groups excluding carboxylic acids is 1. The van der Waals surface area contributed by atoms with Gasteiger partial charge >= 0.3 is 5.97 Å². The molecule has 0 aliphatic rings. The molecular formula is C15H11BrClNO3. The molecule has 2 N–H and O–H groups in total. The monoisotopic (exact) mass is 367 g/mol. The molecule has 0 atom stereocenters. The lowest BCUT2D eigenvalue weighted by Gasteiger charge is -2.07. The molecule has 0 radical (unpaired) electrons. The van der Waals surface area contributed by atoms with E-state index in [-0.39, 0.29) is 11.5 Å². The minimum absolute atomic E-state index is 0.208. The molecule has 0 bridgehead atoms. The van der Waals surface area contributed by atoms with Crippen LogP contribution in [0.15, 0.2) is 46.9 Å². The Hall–Kier alpha value is -1.85. The molecule has 0 saturated heterocycles. The lowest BCUT2D eigenvalue weighted by Crippen LogP contribution is -2.23. The third-order valence-electron chi connectivity index (χ3n) is 2.83. The Morgan fingerprint density at radius 3 is 2.43 bits per heavy atom. The fraction of sp³-hybridized carbons (Fsp3) is 0.0667. The number of carboxylic acids is 1. The zero-order valence-electron chi connectivity index (χ0n) is 10.8. The Morgan fingerprint density at radius 1 is 1.14 bits per heavy atom. The Balaban J connectivity index is 2.04. The number of hydrogen-bond donors (Lipinski definition) is 2. The van der Waals surface area contributed by atoms with E-state index in [1.807, 2.05) is 0 Å². The standard InChI is InChI=1S/C15H11BrClNO3/c16-11-5-6-13(17)12(7-11)14(19)18-8-9-1-3-10(4-2-9)15(20)21/h1-7H,8H2,(H,18,19)(H,20,21). The van der Waals surface area contributed by atoms with Crippen molar-refractivity contribution in [2.24, 2.45) is 0 Å². The Kier molecular flexibility index (Phi) is 4.98. The lowest BCUT2D eigenvalue weighted by atomic mass is 10.1.